The highest BCUT2D eigenvalue weighted by molar-refractivity contribution is 5.96. The second-order valence-corrected chi connectivity index (χ2v) is 8.09. The Morgan fingerprint density at radius 2 is 1.96 bits per heavy atom. The molecule has 4 rings (SSSR count). The lowest BCUT2D eigenvalue weighted by atomic mass is 9.84. The lowest BCUT2D eigenvalue weighted by molar-refractivity contribution is -0.150. The second kappa shape index (κ2) is 7.33. The summed E-state index contributed by atoms with van der Waals surface area (Å²) in [7, 11) is 0. The van der Waals surface area contributed by atoms with Crippen molar-refractivity contribution in [3.05, 3.63) is 29.8 Å². The average molecular weight is 370 g/mol. The molecular weight excluding hydrogens is 344 g/mol. The Morgan fingerprint density at radius 3 is 2.78 bits per heavy atom. The van der Waals surface area contributed by atoms with Crippen molar-refractivity contribution >= 4 is 23.5 Å². The standard InChI is InChI=1S/C21H26N2O4/c24-19(23-17-8-4-2-6-14(17)12-18(23)21(26)27)10-9-15-11-13-5-1-3-7-16(13)22-20(15)25/h1,3,5,7,14-15,17-18H,2,4,6,8-12H2,(H,22,25)(H,26,27)/t14-,15+,17+,18+/m1/s1. The second-order valence-electron chi connectivity index (χ2n) is 8.09. The molecular formula is C21H26N2O4. The number of rotatable bonds is 4. The lowest BCUT2D eigenvalue weighted by Gasteiger charge is -2.33. The summed E-state index contributed by atoms with van der Waals surface area (Å²) in [6.45, 7) is 0. The van der Waals surface area contributed by atoms with Crippen LogP contribution in [-0.4, -0.2) is 39.9 Å². The van der Waals surface area contributed by atoms with Crippen molar-refractivity contribution in [3.63, 3.8) is 0 Å². The normalized spacial score (nSPS) is 29.6. The van der Waals surface area contributed by atoms with Gasteiger partial charge >= 0.3 is 5.97 Å². The number of anilines is 1. The molecule has 6 heteroatoms. The van der Waals surface area contributed by atoms with Gasteiger partial charge < -0.3 is 15.3 Å². The van der Waals surface area contributed by atoms with Crippen LogP contribution in [0.4, 0.5) is 5.69 Å². The molecule has 27 heavy (non-hydrogen) atoms. The maximum Gasteiger partial charge on any atom is 0.326 e. The number of fused-ring (bicyclic) bond motifs is 2. The van der Waals surface area contributed by atoms with Gasteiger partial charge in [0.1, 0.15) is 6.04 Å². The first-order valence-corrected chi connectivity index (χ1v) is 9.97. The maximum absolute atomic E-state index is 12.9. The Hall–Kier alpha value is -2.37. The molecule has 1 aliphatic carbocycles. The molecule has 0 spiro atoms. The van der Waals surface area contributed by atoms with Crippen molar-refractivity contribution in [2.24, 2.45) is 11.8 Å². The predicted molar refractivity (Wildman–Crippen MR) is 100 cm³/mol. The molecule has 0 aromatic heterocycles. The Balaban J connectivity index is 1.42. The molecule has 144 valence electrons. The van der Waals surface area contributed by atoms with E-state index < -0.39 is 12.0 Å². The third-order valence-electron chi connectivity index (χ3n) is 6.48. The smallest absolute Gasteiger partial charge is 0.326 e. The summed E-state index contributed by atoms with van der Waals surface area (Å²) in [5.41, 5.74) is 1.94. The van der Waals surface area contributed by atoms with Crippen LogP contribution in [0.25, 0.3) is 0 Å². The summed E-state index contributed by atoms with van der Waals surface area (Å²) in [5, 5.41) is 12.5. The highest BCUT2D eigenvalue weighted by Gasteiger charge is 2.47. The molecule has 0 radical (unpaired) electrons. The number of carbonyl (C=O) groups excluding carboxylic acids is 2. The molecule has 2 aliphatic heterocycles. The van der Waals surface area contributed by atoms with Crippen LogP contribution in [0.15, 0.2) is 24.3 Å². The van der Waals surface area contributed by atoms with Gasteiger partial charge in [-0.15, -0.1) is 0 Å². The zero-order chi connectivity index (χ0) is 19.0. The summed E-state index contributed by atoms with van der Waals surface area (Å²) in [6.07, 6.45) is 5.98. The summed E-state index contributed by atoms with van der Waals surface area (Å²) in [6, 6.07) is 7.09. The number of likely N-dealkylation sites (tertiary alicyclic amines) is 1. The molecule has 6 nitrogen and oxygen atoms in total. The number of para-hydroxylation sites is 1. The van der Waals surface area contributed by atoms with Crippen molar-refractivity contribution in [1.29, 1.82) is 0 Å². The summed E-state index contributed by atoms with van der Waals surface area (Å²) in [5.74, 6) is -0.982. The van der Waals surface area contributed by atoms with Crippen molar-refractivity contribution in [1.82, 2.24) is 4.90 Å². The fourth-order valence-electron chi connectivity index (χ4n) is 5.11. The molecule has 1 saturated heterocycles. The monoisotopic (exact) mass is 370 g/mol. The van der Waals surface area contributed by atoms with Crippen LogP contribution in [0.2, 0.25) is 0 Å². The average Bonchev–Trinajstić information content (AvgIpc) is 3.06. The van der Waals surface area contributed by atoms with Crippen molar-refractivity contribution < 1.29 is 19.5 Å². The fourth-order valence-corrected chi connectivity index (χ4v) is 5.11. The van der Waals surface area contributed by atoms with E-state index in [0.29, 0.717) is 25.2 Å². The molecule has 1 saturated carbocycles. The van der Waals surface area contributed by atoms with E-state index in [1.165, 1.54) is 0 Å². The van der Waals surface area contributed by atoms with Crippen LogP contribution in [0.3, 0.4) is 0 Å². The molecule has 4 atom stereocenters. The van der Waals surface area contributed by atoms with Gasteiger partial charge in [0.2, 0.25) is 11.8 Å². The molecule has 0 bridgehead atoms. The highest BCUT2D eigenvalue weighted by Crippen LogP contribution is 2.40. The quantitative estimate of drug-likeness (QED) is 0.853. The molecule has 0 unspecified atom stereocenters. The van der Waals surface area contributed by atoms with E-state index in [0.717, 1.165) is 36.9 Å². The largest absolute Gasteiger partial charge is 0.480 e. The van der Waals surface area contributed by atoms with Crippen LogP contribution in [0, 0.1) is 11.8 Å². The minimum atomic E-state index is -0.901. The lowest BCUT2D eigenvalue weighted by Crippen LogP contribution is -2.46. The first kappa shape index (κ1) is 18.0. The topological polar surface area (TPSA) is 86.7 Å². The minimum absolute atomic E-state index is 0.0479. The first-order valence-electron chi connectivity index (χ1n) is 9.97. The Bertz CT molecular complexity index is 762. The number of carboxylic acid groups (broad SMARTS) is 1. The summed E-state index contributed by atoms with van der Waals surface area (Å²) >= 11 is 0. The Morgan fingerprint density at radius 1 is 1.19 bits per heavy atom. The summed E-state index contributed by atoms with van der Waals surface area (Å²) < 4.78 is 0. The van der Waals surface area contributed by atoms with E-state index in [1.54, 1.807) is 4.90 Å². The van der Waals surface area contributed by atoms with E-state index in [4.69, 9.17) is 0 Å². The first-order chi connectivity index (χ1) is 13.0. The number of hydrogen-bond acceptors (Lipinski definition) is 3. The number of carboxylic acids is 1. The van der Waals surface area contributed by atoms with Crippen LogP contribution >= 0.6 is 0 Å². The number of nitrogens with one attached hydrogen (secondary N) is 1. The van der Waals surface area contributed by atoms with Crippen molar-refractivity contribution in [2.75, 3.05) is 5.32 Å². The van der Waals surface area contributed by atoms with E-state index in [-0.39, 0.29) is 30.2 Å². The number of nitrogens with zero attached hydrogens (tertiary/aromatic N) is 1. The number of carbonyl (C=O) groups is 3. The van der Waals surface area contributed by atoms with E-state index in [9.17, 15) is 19.5 Å². The molecule has 1 aromatic rings. The third-order valence-corrected chi connectivity index (χ3v) is 6.48. The van der Waals surface area contributed by atoms with E-state index in [2.05, 4.69) is 5.32 Å². The summed E-state index contributed by atoms with van der Waals surface area (Å²) in [4.78, 5) is 38.6. The molecule has 3 aliphatic rings. The van der Waals surface area contributed by atoms with E-state index >= 15 is 0 Å². The van der Waals surface area contributed by atoms with Crippen LogP contribution in [-0.2, 0) is 20.8 Å². The van der Waals surface area contributed by atoms with Gasteiger partial charge in [0.05, 0.1) is 0 Å². The van der Waals surface area contributed by atoms with Gasteiger partial charge in [-0.05, 0) is 49.7 Å². The number of amides is 2. The van der Waals surface area contributed by atoms with Crippen molar-refractivity contribution in [2.45, 2.75) is 63.5 Å². The van der Waals surface area contributed by atoms with Gasteiger partial charge in [-0.25, -0.2) is 4.79 Å². The van der Waals surface area contributed by atoms with Gasteiger partial charge in [0, 0.05) is 24.1 Å². The Kier molecular flexibility index (Phi) is 4.89. The molecule has 2 fully saturated rings. The van der Waals surface area contributed by atoms with Crippen LogP contribution < -0.4 is 5.32 Å². The number of hydrogen-bond donors (Lipinski definition) is 2. The minimum Gasteiger partial charge on any atom is -0.480 e. The van der Waals surface area contributed by atoms with Crippen LogP contribution in [0.1, 0.15) is 50.5 Å². The maximum atomic E-state index is 12.9. The van der Waals surface area contributed by atoms with Gasteiger partial charge in [0.15, 0.2) is 0 Å². The third kappa shape index (κ3) is 3.45. The van der Waals surface area contributed by atoms with Gasteiger partial charge in [-0.3, -0.25) is 9.59 Å². The predicted octanol–water partition coefficient (Wildman–Crippen LogP) is 2.82. The number of aliphatic carboxylic acids is 1. The molecule has 1 aromatic carbocycles. The zero-order valence-electron chi connectivity index (χ0n) is 15.4. The van der Waals surface area contributed by atoms with Crippen molar-refractivity contribution in [3.8, 4) is 0 Å². The molecule has 2 heterocycles. The highest BCUT2D eigenvalue weighted by atomic mass is 16.4. The number of benzene rings is 1. The molecule has 2 amide bonds. The fraction of sp³-hybridized carbons (Fsp3) is 0.571. The SMILES string of the molecule is O=C1Nc2ccccc2C[C@@H]1CCC(=O)N1[C@H](C(=O)O)C[C@H]2CCCC[C@@H]21. The van der Waals surface area contributed by atoms with E-state index in [1.807, 2.05) is 24.3 Å². The van der Waals surface area contributed by atoms with Gasteiger partial charge in [-0.1, -0.05) is 31.0 Å². The Labute approximate surface area is 158 Å². The van der Waals surface area contributed by atoms with Gasteiger partial charge in [-0.2, -0.15) is 0 Å². The molecule has 2 N–H and O–H groups in total. The van der Waals surface area contributed by atoms with Crippen LogP contribution in [0.5, 0.6) is 0 Å². The van der Waals surface area contributed by atoms with Gasteiger partial charge in [0.25, 0.3) is 0 Å². The zero-order valence-corrected chi connectivity index (χ0v) is 15.4.